The van der Waals surface area contributed by atoms with E-state index in [9.17, 15) is 4.79 Å². The van der Waals surface area contributed by atoms with Crippen LogP contribution in [-0.2, 0) is 4.79 Å². The van der Waals surface area contributed by atoms with Gasteiger partial charge in [0, 0.05) is 19.0 Å². The third kappa shape index (κ3) is 7.33. The van der Waals surface area contributed by atoms with Gasteiger partial charge in [0.05, 0.1) is 0 Å². The smallest absolute Gasteiger partial charge is 0.219 e. The minimum atomic E-state index is 0.133. The normalized spacial score (nSPS) is 12.6. The molecule has 1 amide bonds. The summed E-state index contributed by atoms with van der Waals surface area (Å²) in [6.45, 7) is 4.63. The summed E-state index contributed by atoms with van der Waals surface area (Å²) in [5.74, 6) is 0.133. The van der Waals surface area contributed by atoms with Gasteiger partial charge in [-0.25, -0.2) is 0 Å². The zero-order valence-corrected chi connectivity index (χ0v) is 7.39. The van der Waals surface area contributed by atoms with E-state index in [2.05, 4.69) is 5.32 Å². The van der Waals surface area contributed by atoms with Gasteiger partial charge in [0.1, 0.15) is 0 Å². The maximum Gasteiger partial charge on any atom is 0.219 e. The van der Waals surface area contributed by atoms with Crippen molar-refractivity contribution in [2.24, 2.45) is 5.73 Å². The van der Waals surface area contributed by atoms with Crippen LogP contribution in [0.15, 0.2) is 0 Å². The maximum absolute atomic E-state index is 10.9. The van der Waals surface area contributed by atoms with Crippen molar-refractivity contribution < 1.29 is 4.79 Å². The first-order valence-electron chi connectivity index (χ1n) is 4.19. The molecule has 0 aliphatic carbocycles. The molecule has 66 valence electrons. The fraction of sp³-hybridized carbons (Fsp3) is 0.875. The van der Waals surface area contributed by atoms with Crippen LogP contribution >= 0.6 is 0 Å². The number of carbonyl (C=O) groups excluding carboxylic acids is 1. The largest absolute Gasteiger partial charge is 0.356 e. The van der Waals surface area contributed by atoms with Gasteiger partial charge in [-0.2, -0.15) is 0 Å². The number of rotatable bonds is 5. The average Bonchev–Trinajstić information content (AvgIpc) is 1.87. The lowest BCUT2D eigenvalue weighted by atomic mass is 10.2. The van der Waals surface area contributed by atoms with E-state index in [1.165, 1.54) is 0 Å². The average molecular weight is 158 g/mol. The van der Waals surface area contributed by atoms with Crippen molar-refractivity contribution in [2.45, 2.75) is 39.2 Å². The van der Waals surface area contributed by atoms with E-state index < -0.39 is 0 Å². The third-order valence-corrected chi connectivity index (χ3v) is 1.40. The zero-order chi connectivity index (χ0) is 8.69. The number of carbonyl (C=O) groups is 1. The number of amides is 1. The zero-order valence-electron chi connectivity index (χ0n) is 7.39. The summed E-state index contributed by atoms with van der Waals surface area (Å²) in [6.07, 6.45) is 2.39. The molecule has 0 aliphatic rings. The highest BCUT2D eigenvalue weighted by atomic mass is 16.1. The predicted molar refractivity (Wildman–Crippen MR) is 46.2 cm³/mol. The van der Waals surface area contributed by atoms with Gasteiger partial charge in [0.15, 0.2) is 0 Å². The Hall–Kier alpha value is -0.570. The molecule has 1 unspecified atom stereocenters. The van der Waals surface area contributed by atoms with E-state index in [4.69, 9.17) is 5.73 Å². The lowest BCUT2D eigenvalue weighted by Gasteiger charge is -2.05. The molecule has 0 saturated heterocycles. The molecule has 11 heavy (non-hydrogen) atoms. The van der Waals surface area contributed by atoms with Crippen molar-refractivity contribution in [3.05, 3.63) is 0 Å². The summed E-state index contributed by atoms with van der Waals surface area (Å²) >= 11 is 0. The highest BCUT2D eigenvalue weighted by molar-refractivity contribution is 5.75. The van der Waals surface area contributed by atoms with Crippen LogP contribution in [0.4, 0.5) is 0 Å². The molecule has 3 heteroatoms. The van der Waals surface area contributed by atoms with Gasteiger partial charge >= 0.3 is 0 Å². The Labute approximate surface area is 68.3 Å². The number of nitrogens with two attached hydrogens (primary N) is 1. The lowest BCUT2D eigenvalue weighted by molar-refractivity contribution is -0.121. The predicted octanol–water partition coefficient (Wildman–Crippen LogP) is 0.640. The molecule has 0 aromatic carbocycles. The summed E-state index contributed by atoms with van der Waals surface area (Å²) in [7, 11) is 0. The van der Waals surface area contributed by atoms with Crippen molar-refractivity contribution in [3.63, 3.8) is 0 Å². The molecule has 0 spiro atoms. The summed E-state index contributed by atoms with van der Waals surface area (Å²) in [5.41, 5.74) is 5.50. The second-order valence-electron chi connectivity index (χ2n) is 2.87. The monoisotopic (exact) mass is 158 g/mol. The fourth-order valence-electron chi connectivity index (χ4n) is 0.755. The highest BCUT2D eigenvalue weighted by Gasteiger charge is 1.98. The van der Waals surface area contributed by atoms with Gasteiger partial charge in [-0.3, -0.25) is 4.79 Å². The quantitative estimate of drug-likeness (QED) is 0.617. The summed E-state index contributed by atoms with van der Waals surface area (Å²) in [4.78, 5) is 10.9. The fourth-order valence-corrected chi connectivity index (χ4v) is 0.755. The number of hydrogen-bond donors (Lipinski definition) is 2. The Morgan fingerprint density at radius 2 is 2.27 bits per heavy atom. The van der Waals surface area contributed by atoms with Gasteiger partial charge < -0.3 is 11.1 Å². The minimum Gasteiger partial charge on any atom is -0.356 e. The second kappa shape index (κ2) is 6.16. The van der Waals surface area contributed by atoms with Gasteiger partial charge in [0.2, 0.25) is 5.91 Å². The van der Waals surface area contributed by atoms with Gasteiger partial charge in [-0.1, -0.05) is 6.92 Å². The van der Waals surface area contributed by atoms with Crippen molar-refractivity contribution >= 4 is 5.91 Å². The molecular weight excluding hydrogens is 140 g/mol. The first-order valence-corrected chi connectivity index (χ1v) is 4.19. The molecule has 0 aromatic rings. The molecule has 0 aliphatic heterocycles. The van der Waals surface area contributed by atoms with Crippen LogP contribution in [0, 0.1) is 0 Å². The van der Waals surface area contributed by atoms with Crippen molar-refractivity contribution in [2.75, 3.05) is 6.54 Å². The first-order chi connectivity index (χ1) is 5.16. The maximum atomic E-state index is 10.9. The Morgan fingerprint density at radius 3 is 2.73 bits per heavy atom. The molecule has 3 nitrogen and oxygen atoms in total. The highest BCUT2D eigenvalue weighted by Crippen LogP contribution is 1.87. The van der Waals surface area contributed by atoms with Gasteiger partial charge in [-0.05, 0) is 19.8 Å². The van der Waals surface area contributed by atoms with E-state index in [0.717, 1.165) is 12.8 Å². The number of nitrogens with one attached hydrogen (secondary N) is 1. The Bertz CT molecular complexity index is 113. The molecule has 0 rings (SSSR count). The lowest BCUT2D eigenvalue weighted by Crippen LogP contribution is -2.28. The van der Waals surface area contributed by atoms with E-state index in [0.29, 0.717) is 13.0 Å². The standard InChI is InChI=1S/C8H18N2O/c1-3-4-8(11)10-6-5-7(2)9/h7H,3-6,9H2,1-2H3,(H,10,11). The third-order valence-electron chi connectivity index (χ3n) is 1.40. The molecule has 0 aromatic heterocycles. The Morgan fingerprint density at radius 1 is 1.64 bits per heavy atom. The van der Waals surface area contributed by atoms with Crippen LogP contribution in [0.3, 0.4) is 0 Å². The molecular formula is C8H18N2O. The summed E-state index contributed by atoms with van der Waals surface area (Å²) < 4.78 is 0. The number of hydrogen-bond acceptors (Lipinski definition) is 2. The van der Waals surface area contributed by atoms with Crippen LogP contribution < -0.4 is 11.1 Å². The minimum absolute atomic E-state index is 0.133. The van der Waals surface area contributed by atoms with Crippen LogP contribution in [0.1, 0.15) is 33.1 Å². The summed E-state index contributed by atoms with van der Waals surface area (Å²) in [5, 5.41) is 2.80. The van der Waals surface area contributed by atoms with Crippen molar-refractivity contribution in [1.82, 2.24) is 5.32 Å². The van der Waals surface area contributed by atoms with E-state index in [1.54, 1.807) is 0 Å². The molecule has 0 radical (unpaired) electrons. The molecule has 3 N–H and O–H groups in total. The van der Waals surface area contributed by atoms with Crippen molar-refractivity contribution in [1.29, 1.82) is 0 Å². The molecule has 0 saturated carbocycles. The van der Waals surface area contributed by atoms with Crippen molar-refractivity contribution in [3.8, 4) is 0 Å². The molecule has 0 fully saturated rings. The van der Waals surface area contributed by atoms with Crippen LogP contribution in [0.5, 0.6) is 0 Å². The Kier molecular flexibility index (Phi) is 5.84. The topological polar surface area (TPSA) is 55.1 Å². The first kappa shape index (κ1) is 10.4. The second-order valence-corrected chi connectivity index (χ2v) is 2.87. The van der Waals surface area contributed by atoms with Crippen LogP contribution in [0.25, 0.3) is 0 Å². The van der Waals surface area contributed by atoms with Crippen LogP contribution in [0.2, 0.25) is 0 Å². The van der Waals surface area contributed by atoms with E-state index in [-0.39, 0.29) is 11.9 Å². The van der Waals surface area contributed by atoms with E-state index in [1.807, 2.05) is 13.8 Å². The molecule has 0 bridgehead atoms. The molecule has 0 heterocycles. The summed E-state index contributed by atoms with van der Waals surface area (Å²) in [6, 6.07) is 0.178. The van der Waals surface area contributed by atoms with Gasteiger partial charge in [-0.15, -0.1) is 0 Å². The van der Waals surface area contributed by atoms with Crippen LogP contribution in [-0.4, -0.2) is 18.5 Å². The molecule has 1 atom stereocenters. The SMILES string of the molecule is CCCC(=O)NCCC(C)N. The Balaban J connectivity index is 3.17. The van der Waals surface area contributed by atoms with Gasteiger partial charge in [0.25, 0.3) is 0 Å². The van der Waals surface area contributed by atoms with E-state index >= 15 is 0 Å².